The van der Waals surface area contributed by atoms with Crippen molar-refractivity contribution >= 4 is 11.7 Å². The zero-order valence-electron chi connectivity index (χ0n) is 12.7. The molecule has 112 valence electrons. The van der Waals surface area contributed by atoms with E-state index in [9.17, 15) is 4.79 Å². The van der Waals surface area contributed by atoms with E-state index < -0.39 is 5.97 Å². The van der Waals surface area contributed by atoms with Gasteiger partial charge in [0.15, 0.2) is 0 Å². The summed E-state index contributed by atoms with van der Waals surface area (Å²) in [6.07, 6.45) is 2.90. The van der Waals surface area contributed by atoms with E-state index in [4.69, 9.17) is 10.5 Å². The SMILES string of the molecule is CCC(C)n1ccc(COC(=O)c2cc(C)ccc2N)n1. The maximum Gasteiger partial charge on any atom is 0.340 e. The first-order chi connectivity index (χ1) is 10.0. The molecule has 0 saturated heterocycles. The Kier molecular flexibility index (Phi) is 4.62. The molecule has 0 amide bonds. The molecule has 0 saturated carbocycles. The van der Waals surface area contributed by atoms with Crippen LogP contribution in [-0.2, 0) is 11.3 Å². The van der Waals surface area contributed by atoms with E-state index >= 15 is 0 Å². The second kappa shape index (κ2) is 6.43. The Morgan fingerprint density at radius 1 is 1.43 bits per heavy atom. The molecule has 2 aromatic rings. The Morgan fingerprint density at radius 3 is 2.90 bits per heavy atom. The van der Waals surface area contributed by atoms with Gasteiger partial charge >= 0.3 is 5.97 Å². The van der Waals surface area contributed by atoms with Gasteiger partial charge in [0.2, 0.25) is 0 Å². The molecule has 1 heterocycles. The molecule has 21 heavy (non-hydrogen) atoms. The summed E-state index contributed by atoms with van der Waals surface area (Å²) >= 11 is 0. The van der Waals surface area contributed by atoms with E-state index in [2.05, 4.69) is 18.9 Å². The fourth-order valence-electron chi connectivity index (χ4n) is 1.95. The number of hydrogen-bond acceptors (Lipinski definition) is 4. The maximum absolute atomic E-state index is 12.1. The largest absolute Gasteiger partial charge is 0.455 e. The molecule has 1 aromatic carbocycles. The number of nitrogens with two attached hydrogens (primary N) is 1. The summed E-state index contributed by atoms with van der Waals surface area (Å²) in [6.45, 7) is 6.25. The van der Waals surface area contributed by atoms with Gasteiger partial charge in [-0.25, -0.2) is 4.79 Å². The number of rotatable bonds is 5. The third-order valence-electron chi connectivity index (χ3n) is 3.49. The molecule has 0 radical (unpaired) electrons. The van der Waals surface area contributed by atoms with Crippen molar-refractivity contribution in [1.82, 2.24) is 9.78 Å². The van der Waals surface area contributed by atoms with E-state index in [-0.39, 0.29) is 6.61 Å². The summed E-state index contributed by atoms with van der Waals surface area (Å²) < 4.78 is 7.16. The second-order valence-corrected chi connectivity index (χ2v) is 5.21. The number of aryl methyl sites for hydroxylation is 1. The molecular weight excluding hydrogens is 266 g/mol. The van der Waals surface area contributed by atoms with Crippen LogP contribution in [0.4, 0.5) is 5.69 Å². The summed E-state index contributed by atoms with van der Waals surface area (Å²) in [5, 5.41) is 4.39. The van der Waals surface area contributed by atoms with Crippen LogP contribution < -0.4 is 5.73 Å². The van der Waals surface area contributed by atoms with Gasteiger partial charge in [-0.15, -0.1) is 0 Å². The lowest BCUT2D eigenvalue weighted by Gasteiger charge is -2.09. The van der Waals surface area contributed by atoms with Crippen LogP contribution in [0.1, 0.15) is 47.9 Å². The van der Waals surface area contributed by atoms with Crippen molar-refractivity contribution < 1.29 is 9.53 Å². The monoisotopic (exact) mass is 287 g/mol. The molecule has 1 unspecified atom stereocenters. The van der Waals surface area contributed by atoms with Gasteiger partial charge in [0.25, 0.3) is 0 Å². The third kappa shape index (κ3) is 3.62. The summed E-state index contributed by atoms with van der Waals surface area (Å²) in [7, 11) is 0. The van der Waals surface area contributed by atoms with Gasteiger partial charge < -0.3 is 10.5 Å². The number of anilines is 1. The Labute approximate surface area is 124 Å². The zero-order valence-corrected chi connectivity index (χ0v) is 12.7. The fraction of sp³-hybridized carbons (Fsp3) is 0.375. The van der Waals surface area contributed by atoms with E-state index in [0.29, 0.717) is 17.3 Å². The van der Waals surface area contributed by atoms with Crippen LogP contribution >= 0.6 is 0 Å². The van der Waals surface area contributed by atoms with Gasteiger partial charge in [0.05, 0.1) is 11.3 Å². The van der Waals surface area contributed by atoms with E-state index in [0.717, 1.165) is 17.7 Å². The van der Waals surface area contributed by atoms with E-state index in [1.54, 1.807) is 12.1 Å². The Balaban J connectivity index is 2.01. The van der Waals surface area contributed by atoms with Crippen LogP contribution in [0.2, 0.25) is 0 Å². The number of nitrogen functional groups attached to an aromatic ring is 1. The minimum atomic E-state index is -0.422. The van der Waals surface area contributed by atoms with Gasteiger partial charge in [-0.2, -0.15) is 5.10 Å². The molecule has 0 bridgehead atoms. The molecule has 0 aliphatic heterocycles. The molecule has 5 nitrogen and oxygen atoms in total. The van der Waals surface area contributed by atoms with Crippen molar-refractivity contribution in [3.63, 3.8) is 0 Å². The smallest absolute Gasteiger partial charge is 0.340 e. The standard InChI is InChI=1S/C16H21N3O2/c1-4-12(3)19-8-7-13(18-19)10-21-16(20)14-9-11(2)5-6-15(14)17/h5-9,12H,4,10,17H2,1-3H3. The first-order valence-electron chi connectivity index (χ1n) is 7.08. The lowest BCUT2D eigenvalue weighted by Crippen LogP contribution is -2.10. The average Bonchev–Trinajstić information content (AvgIpc) is 2.95. The summed E-state index contributed by atoms with van der Waals surface area (Å²) in [6, 6.07) is 7.50. The molecule has 2 N–H and O–H groups in total. The second-order valence-electron chi connectivity index (χ2n) is 5.21. The third-order valence-corrected chi connectivity index (χ3v) is 3.49. The van der Waals surface area contributed by atoms with Gasteiger partial charge in [0.1, 0.15) is 6.61 Å². The highest BCUT2D eigenvalue weighted by atomic mass is 16.5. The number of aromatic nitrogens is 2. The zero-order chi connectivity index (χ0) is 15.4. The van der Waals surface area contributed by atoms with Crippen LogP contribution in [0.3, 0.4) is 0 Å². The molecule has 1 aromatic heterocycles. The van der Waals surface area contributed by atoms with Crippen molar-refractivity contribution in [2.24, 2.45) is 0 Å². The normalized spacial score (nSPS) is 12.1. The van der Waals surface area contributed by atoms with Gasteiger partial charge in [-0.1, -0.05) is 18.6 Å². The number of carbonyl (C=O) groups excluding carboxylic acids is 1. The minimum absolute atomic E-state index is 0.148. The molecule has 0 spiro atoms. The average molecular weight is 287 g/mol. The highest BCUT2D eigenvalue weighted by Crippen LogP contribution is 2.16. The number of hydrogen-bond donors (Lipinski definition) is 1. The lowest BCUT2D eigenvalue weighted by atomic mass is 10.1. The highest BCUT2D eigenvalue weighted by Gasteiger charge is 2.13. The molecular formula is C16H21N3O2. The summed E-state index contributed by atoms with van der Waals surface area (Å²) in [5.74, 6) is -0.422. The van der Waals surface area contributed by atoms with Crippen LogP contribution in [-0.4, -0.2) is 15.7 Å². The Bertz CT molecular complexity index is 634. The summed E-state index contributed by atoms with van der Waals surface area (Å²) in [4.78, 5) is 12.1. The van der Waals surface area contributed by atoms with Crippen molar-refractivity contribution in [1.29, 1.82) is 0 Å². The highest BCUT2D eigenvalue weighted by molar-refractivity contribution is 5.95. The Hall–Kier alpha value is -2.30. The predicted octanol–water partition coefficient (Wildman–Crippen LogP) is 3.10. The summed E-state index contributed by atoms with van der Waals surface area (Å²) in [5.41, 5.74) is 8.33. The van der Waals surface area contributed by atoms with E-state index in [1.165, 1.54) is 0 Å². The van der Waals surface area contributed by atoms with Crippen molar-refractivity contribution in [3.8, 4) is 0 Å². The van der Waals surface area contributed by atoms with Gasteiger partial charge in [-0.3, -0.25) is 4.68 Å². The van der Waals surface area contributed by atoms with Crippen LogP contribution in [0.5, 0.6) is 0 Å². The van der Waals surface area contributed by atoms with Crippen LogP contribution in [0.25, 0.3) is 0 Å². The maximum atomic E-state index is 12.1. The first-order valence-corrected chi connectivity index (χ1v) is 7.08. The van der Waals surface area contributed by atoms with Crippen molar-refractivity contribution in [3.05, 3.63) is 47.3 Å². The first kappa shape index (κ1) is 15.1. The van der Waals surface area contributed by atoms with Gasteiger partial charge in [-0.05, 0) is 38.5 Å². The number of esters is 1. The van der Waals surface area contributed by atoms with Gasteiger partial charge in [0, 0.05) is 17.9 Å². The quantitative estimate of drug-likeness (QED) is 0.677. The number of nitrogens with zero attached hydrogens (tertiary/aromatic N) is 2. The molecule has 5 heteroatoms. The minimum Gasteiger partial charge on any atom is -0.455 e. The molecule has 0 aliphatic rings. The fourth-order valence-corrected chi connectivity index (χ4v) is 1.95. The van der Waals surface area contributed by atoms with E-state index in [1.807, 2.05) is 29.9 Å². The van der Waals surface area contributed by atoms with Crippen molar-refractivity contribution in [2.75, 3.05) is 5.73 Å². The number of ether oxygens (including phenoxy) is 1. The lowest BCUT2D eigenvalue weighted by molar-refractivity contribution is 0.0468. The molecule has 2 rings (SSSR count). The number of carbonyl (C=O) groups is 1. The van der Waals surface area contributed by atoms with Crippen molar-refractivity contribution in [2.45, 2.75) is 39.8 Å². The Morgan fingerprint density at radius 2 is 2.19 bits per heavy atom. The van der Waals surface area contributed by atoms with Crippen LogP contribution in [0, 0.1) is 6.92 Å². The molecule has 0 aliphatic carbocycles. The van der Waals surface area contributed by atoms with Crippen LogP contribution in [0.15, 0.2) is 30.5 Å². The topological polar surface area (TPSA) is 70.1 Å². The molecule has 1 atom stereocenters. The number of benzene rings is 1. The predicted molar refractivity (Wildman–Crippen MR) is 81.9 cm³/mol. The molecule has 0 fully saturated rings.